The van der Waals surface area contributed by atoms with Gasteiger partial charge in [0.1, 0.15) is 23.3 Å². The third kappa shape index (κ3) is 5.03. The van der Waals surface area contributed by atoms with E-state index in [1.165, 1.54) is 12.1 Å². The van der Waals surface area contributed by atoms with Crippen molar-refractivity contribution in [1.82, 2.24) is 4.90 Å². The molecular weight excluding hydrogens is 411 g/mol. The molecule has 0 aromatic heterocycles. The van der Waals surface area contributed by atoms with Gasteiger partial charge in [0, 0.05) is 38.0 Å². The summed E-state index contributed by atoms with van der Waals surface area (Å²) < 4.78 is 25.0. The molecule has 0 radical (unpaired) electrons. The molecule has 0 bridgehead atoms. The fourth-order valence-corrected chi connectivity index (χ4v) is 4.09. The maximum atomic E-state index is 13.3. The average molecular weight is 441 g/mol. The van der Waals surface area contributed by atoms with Gasteiger partial charge in [0.05, 0.1) is 5.69 Å². The molecule has 2 aromatic carbocycles. The normalized spacial score (nSPS) is 17.2. The number of rotatable bonds is 3. The van der Waals surface area contributed by atoms with Gasteiger partial charge in [-0.1, -0.05) is 0 Å². The van der Waals surface area contributed by atoms with E-state index in [2.05, 4.69) is 0 Å². The molecule has 1 fully saturated rings. The van der Waals surface area contributed by atoms with Gasteiger partial charge in [0.25, 0.3) is 0 Å². The summed E-state index contributed by atoms with van der Waals surface area (Å²) in [4.78, 5) is 28.2. The van der Waals surface area contributed by atoms with Crippen LogP contribution in [0.15, 0.2) is 42.5 Å². The fraction of sp³-hybridized carbons (Fsp3) is 0.440. The van der Waals surface area contributed by atoms with E-state index in [4.69, 9.17) is 9.47 Å². The van der Waals surface area contributed by atoms with Crippen molar-refractivity contribution < 1.29 is 23.5 Å². The summed E-state index contributed by atoms with van der Waals surface area (Å²) in [5, 5.41) is 0. The predicted octanol–water partition coefficient (Wildman–Crippen LogP) is 5.21. The Morgan fingerprint density at radius 1 is 1.03 bits per heavy atom. The summed E-state index contributed by atoms with van der Waals surface area (Å²) in [6.45, 7) is 6.78. The number of hydrogen-bond donors (Lipinski definition) is 0. The molecule has 32 heavy (non-hydrogen) atoms. The van der Waals surface area contributed by atoms with Crippen molar-refractivity contribution in [3.63, 3.8) is 0 Å². The molecule has 2 aromatic rings. The van der Waals surface area contributed by atoms with Gasteiger partial charge >= 0.3 is 6.09 Å². The maximum absolute atomic E-state index is 13.3. The zero-order valence-electron chi connectivity index (χ0n) is 18.8. The second kappa shape index (κ2) is 8.81. The molecule has 0 spiro atoms. The number of aryl methyl sites for hydroxylation is 1. The minimum atomic E-state index is -0.503. The monoisotopic (exact) mass is 440 g/mol. The first-order valence-corrected chi connectivity index (χ1v) is 11.1. The number of benzene rings is 2. The van der Waals surface area contributed by atoms with Crippen LogP contribution in [0.2, 0.25) is 0 Å². The highest BCUT2D eigenvalue weighted by atomic mass is 19.1. The molecule has 2 aliphatic heterocycles. The van der Waals surface area contributed by atoms with Crippen molar-refractivity contribution in [3.05, 3.63) is 53.8 Å². The van der Waals surface area contributed by atoms with E-state index >= 15 is 0 Å². The van der Waals surface area contributed by atoms with E-state index in [0.717, 1.165) is 29.8 Å². The van der Waals surface area contributed by atoms with E-state index in [0.29, 0.717) is 31.6 Å². The molecule has 0 atom stereocenters. The van der Waals surface area contributed by atoms with Crippen molar-refractivity contribution in [1.29, 1.82) is 0 Å². The summed E-state index contributed by atoms with van der Waals surface area (Å²) in [5.41, 5.74) is 1.98. The molecular formula is C25H29FN2O4. The average Bonchev–Trinajstić information content (AvgIpc) is 2.74. The van der Waals surface area contributed by atoms with Gasteiger partial charge in [-0.25, -0.2) is 9.18 Å². The van der Waals surface area contributed by atoms with E-state index in [-0.39, 0.29) is 23.9 Å². The lowest BCUT2D eigenvalue weighted by Gasteiger charge is -2.34. The highest BCUT2D eigenvalue weighted by Gasteiger charge is 2.29. The number of likely N-dealkylation sites (tertiary alicyclic amines) is 1. The number of fused-ring (bicyclic) bond motifs is 1. The molecule has 0 aliphatic carbocycles. The molecule has 0 unspecified atom stereocenters. The number of carbonyl (C=O) groups excluding carboxylic acids is 2. The molecule has 4 rings (SSSR count). The maximum Gasteiger partial charge on any atom is 0.410 e. The topological polar surface area (TPSA) is 59.1 Å². The Bertz CT molecular complexity index is 992. The van der Waals surface area contributed by atoms with Crippen molar-refractivity contribution in [2.45, 2.75) is 58.2 Å². The molecule has 0 N–H and O–H groups in total. The zero-order chi connectivity index (χ0) is 22.9. The number of halogens is 1. The van der Waals surface area contributed by atoms with Crippen LogP contribution in [0.25, 0.3) is 0 Å². The molecule has 7 heteroatoms. The van der Waals surface area contributed by atoms with Crippen LogP contribution in [-0.2, 0) is 16.0 Å². The number of carbonyl (C=O) groups is 2. The Kier molecular flexibility index (Phi) is 6.09. The van der Waals surface area contributed by atoms with Crippen molar-refractivity contribution in [2.75, 3.05) is 18.0 Å². The SMILES string of the molecule is CC(C)(C)OC(=O)N1CCC(Oc2ccc3c(c2)CCC(=O)N3c2ccc(F)cc2)CC1. The lowest BCUT2D eigenvalue weighted by molar-refractivity contribution is -0.118. The zero-order valence-corrected chi connectivity index (χ0v) is 18.8. The van der Waals surface area contributed by atoms with Crippen molar-refractivity contribution in [2.24, 2.45) is 0 Å². The largest absolute Gasteiger partial charge is 0.490 e. The summed E-state index contributed by atoms with van der Waals surface area (Å²) in [6, 6.07) is 11.7. The molecule has 0 saturated carbocycles. The van der Waals surface area contributed by atoms with Crippen LogP contribution in [0.4, 0.5) is 20.6 Å². The number of ether oxygens (including phenoxy) is 2. The minimum Gasteiger partial charge on any atom is -0.490 e. The van der Waals surface area contributed by atoms with Gasteiger partial charge in [0.2, 0.25) is 5.91 Å². The highest BCUT2D eigenvalue weighted by Crippen LogP contribution is 2.36. The smallest absolute Gasteiger partial charge is 0.410 e. The van der Waals surface area contributed by atoms with E-state index in [9.17, 15) is 14.0 Å². The van der Waals surface area contributed by atoms with E-state index in [1.807, 2.05) is 39.0 Å². The quantitative estimate of drug-likeness (QED) is 0.657. The molecule has 1 saturated heterocycles. The first kappa shape index (κ1) is 22.1. The molecule has 2 amide bonds. The van der Waals surface area contributed by atoms with Crippen LogP contribution in [0.3, 0.4) is 0 Å². The Morgan fingerprint density at radius 2 is 1.72 bits per heavy atom. The second-order valence-electron chi connectivity index (χ2n) is 9.28. The van der Waals surface area contributed by atoms with Crippen LogP contribution < -0.4 is 9.64 Å². The molecule has 6 nitrogen and oxygen atoms in total. The Morgan fingerprint density at radius 3 is 2.38 bits per heavy atom. The third-order valence-electron chi connectivity index (χ3n) is 5.63. The first-order chi connectivity index (χ1) is 15.2. The van der Waals surface area contributed by atoms with Crippen LogP contribution in [0.5, 0.6) is 5.75 Å². The van der Waals surface area contributed by atoms with Gasteiger partial charge in [-0.3, -0.25) is 9.69 Å². The van der Waals surface area contributed by atoms with Gasteiger partial charge in [-0.2, -0.15) is 0 Å². The van der Waals surface area contributed by atoms with Crippen molar-refractivity contribution in [3.8, 4) is 5.75 Å². The highest BCUT2D eigenvalue weighted by molar-refractivity contribution is 6.03. The number of piperidine rings is 1. The lowest BCUT2D eigenvalue weighted by atomic mass is 10.00. The summed E-state index contributed by atoms with van der Waals surface area (Å²) in [6.07, 6.45) is 2.23. The first-order valence-electron chi connectivity index (χ1n) is 11.1. The number of hydrogen-bond acceptors (Lipinski definition) is 4. The summed E-state index contributed by atoms with van der Waals surface area (Å²) in [7, 11) is 0. The number of nitrogens with zero attached hydrogens (tertiary/aromatic N) is 2. The summed E-state index contributed by atoms with van der Waals surface area (Å²) >= 11 is 0. The fourth-order valence-electron chi connectivity index (χ4n) is 4.09. The second-order valence-corrected chi connectivity index (χ2v) is 9.28. The van der Waals surface area contributed by atoms with Gasteiger partial charge in [0.15, 0.2) is 0 Å². The van der Waals surface area contributed by atoms with Gasteiger partial charge in [-0.05, 0) is 75.2 Å². The molecule has 170 valence electrons. The van der Waals surface area contributed by atoms with Crippen LogP contribution in [0.1, 0.15) is 45.6 Å². The van der Waals surface area contributed by atoms with Gasteiger partial charge < -0.3 is 14.4 Å². The van der Waals surface area contributed by atoms with Gasteiger partial charge in [-0.15, -0.1) is 0 Å². The Hall–Kier alpha value is -3.09. The van der Waals surface area contributed by atoms with Crippen LogP contribution in [0, 0.1) is 5.82 Å². The van der Waals surface area contributed by atoms with Crippen LogP contribution >= 0.6 is 0 Å². The standard InChI is InChI=1S/C25H29FN2O4/c1-25(2,3)32-24(30)27-14-12-20(13-15-27)31-21-9-10-22-17(16-21)4-11-23(29)28(22)19-7-5-18(26)6-8-19/h5-10,16,20H,4,11-15H2,1-3H3. The summed E-state index contributed by atoms with van der Waals surface area (Å²) in [5.74, 6) is 0.417. The Labute approximate surface area is 187 Å². The predicted molar refractivity (Wildman–Crippen MR) is 120 cm³/mol. The van der Waals surface area contributed by atoms with E-state index < -0.39 is 5.60 Å². The number of anilines is 2. The van der Waals surface area contributed by atoms with Crippen LogP contribution in [-0.4, -0.2) is 41.7 Å². The number of amides is 2. The molecule has 2 aliphatic rings. The minimum absolute atomic E-state index is 0.00714. The van der Waals surface area contributed by atoms with E-state index in [1.54, 1.807) is 21.9 Å². The molecule has 2 heterocycles. The Balaban J connectivity index is 1.41. The third-order valence-corrected chi connectivity index (χ3v) is 5.63. The lowest BCUT2D eigenvalue weighted by Crippen LogP contribution is -2.44. The van der Waals surface area contributed by atoms with Crippen molar-refractivity contribution >= 4 is 23.4 Å².